The number of nitrogens with zero attached hydrogens (tertiary/aromatic N) is 2. The average Bonchev–Trinajstić information content (AvgIpc) is 2.21. The molecule has 0 bridgehead atoms. The van der Waals surface area contributed by atoms with E-state index in [1.165, 1.54) is 23.3 Å². The monoisotopic (exact) mass is 217 g/mol. The first kappa shape index (κ1) is 11.3. The van der Waals surface area contributed by atoms with E-state index in [9.17, 15) is 0 Å². The lowest BCUT2D eigenvalue weighted by Crippen LogP contribution is -2.30. The first-order chi connectivity index (χ1) is 7.47. The van der Waals surface area contributed by atoms with Gasteiger partial charge in [0.2, 0.25) is 0 Å². The van der Waals surface area contributed by atoms with E-state index in [2.05, 4.69) is 52.3 Å². The lowest BCUT2D eigenvalue weighted by molar-refractivity contribution is -0.877. The molecular weight excluding hydrogens is 196 g/mol. The van der Waals surface area contributed by atoms with E-state index in [0.29, 0.717) is 10.5 Å². The van der Waals surface area contributed by atoms with Crippen LogP contribution in [0.5, 0.6) is 0 Å². The highest BCUT2D eigenvalue weighted by molar-refractivity contribution is 6.02. The highest BCUT2D eigenvalue weighted by atomic mass is 15.6. The van der Waals surface area contributed by atoms with Crippen LogP contribution < -0.4 is 0 Å². The number of hydrogen-bond acceptors (Lipinski definition) is 1. The molecule has 2 heteroatoms. The Morgan fingerprint density at radius 2 is 1.88 bits per heavy atom. The first-order valence-electron chi connectivity index (χ1n) is 5.97. The number of hydrogen-bond donors (Lipinski definition) is 0. The lowest BCUT2D eigenvalue weighted by atomic mass is 9.83. The highest BCUT2D eigenvalue weighted by Gasteiger charge is 2.23. The Labute approximate surface area is 98.2 Å². The lowest BCUT2D eigenvalue weighted by Gasteiger charge is -2.25. The summed E-state index contributed by atoms with van der Waals surface area (Å²) < 4.78 is 0.651. The minimum Gasteiger partial charge on any atom is -0.205 e. The molecule has 0 radical (unpaired) electrons. The molecule has 0 aromatic heterocycles. The third-order valence-electron chi connectivity index (χ3n) is 3.04. The van der Waals surface area contributed by atoms with Gasteiger partial charge in [0.15, 0.2) is 0 Å². The molecule has 0 spiro atoms. The van der Waals surface area contributed by atoms with Crippen LogP contribution >= 0.6 is 0 Å². The molecule has 0 N–H and O–H groups in total. The van der Waals surface area contributed by atoms with Gasteiger partial charge in [-0.15, -0.1) is 0 Å². The summed E-state index contributed by atoms with van der Waals surface area (Å²) in [5, 5.41) is 4.80. The molecule has 1 aromatic carbocycles. The second kappa shape index (κ2) is 4.02. The van der Waals surface area contributed by atoms with E-state index in [1.54, 1.807) is 0 Å². The zero-order valence-electron chi connectivity index (χ0n) is 10.7. The second-order valence-electron chi connectivity index (χ2n) is 5.52. The van der Waals surface area contributed by atoms with Gasteiger partial charge < -0.3 is 0 Å². The molecule has 0 fully saturated rings. The Bertz CT molecular complexity index is 413. The standard InChI is InChI=1S/C14H21N2/c1-11-9-10-14(15-16(2,3)4)13-8-6-5-7-12(11)13/h5-8,11H,9-10H2,1-4H3/q+1/b15-14+/t11-/m1/s1. The summed E-state index contributed by atoms with van der Waals surface area (Å²) in [5.74, 6) is 0.669. The predicted octanol–water partition coefficient (Wildman–Crippen LogP) is 2.99. The maximum atomic E-state index is 4.80. The molecule has 86 valence electrons. The van der Waals surface area contributed by atoms with Crippen molar-refractivity contribution in [3.63, 3.8) is 0 Å². The third kappa shape index (κ3) is 2.33. The Hall–Kier alpha value is -1.15. The summed E-state index contributed by atoms with van der Waals surface area (Å²) in [6, 6.07) is 8.69. The summed E-state index contributed by atoms with van der Waals surface area (Å²) in [4.78, 5) is 0. The van der Waals surface area contributed by atoms with Crippen LogP contribution in [0, 0.1) is 0 Å². The number of benzene rings is 1. The molecule has 0 unspecified atom stereocenters. The van der Waals surface area contributed by atoms with Crippen LogP contribution in [0.3, 0.4) is 0 Å². The Morgan fingerprint density at radius 1 is 1.19 bits per heavy atom. The molecule has 0 saturated carbocycles. The predicted molar refractivity (Wildman–Crippen MR) is 68.7 cm³/mol. The number of fused-ring (bicyclic) bond motifs is 1. The summed E-state index contributed by atoms with van der Waals surface area (Å²) >= 11 is 0. The van der Waals surface area contributed by atoms with Crippen LogP contribution in [0.4, 0.5) is 0 Å². The van der Waals surface area contributed by atoms with Crippen LogP contribution in [0.1, 0.15) is 36.8 Å². The largest absolute Gasteiger partial charge is 0.205 e. The minimum absolute atomic E-state index is 0.651. The zero-order chi connectivity index (χ0) is 11.8. The van der Waals surface area contributed by atoms with Gasteiger partial charge in [-0.05, 0) is 24.3 Å². The maximum absolute atomic E-state index is 4.80. The van der Waals surface area contributed by atoms with Crippen molar-refractivity contribution in [1.29, 1.82) is 0 Å². The average molecular weight is 217 g/mol. The highest BCUT2D eigenvalue weighted by Crippen LogP contribution is 2.31. The van der Waals surface area contributed by atoms with Gasteiger partial charge in [-0.1, -0.05) is 36.3 Å². The van der Waals surface area contributed by atoms with Crippen LogP contribution in [0.15, 0.2) is 29.4 Å². The number of quaternary nitrogens is 1. The molecule has 0 saturated heterocycles. The maximum Gasteiger partial charge on any atom is 0.103 e. The first-order valence-corrected chi connectivity index (χ1v) is 5.97. The molecule has 1 atom stereocenters. The van der Waals surface area contributed by atoms with E-state index < -0.39 is 0 Å². The minimum atomic E-state index is 0.651. The number of rotatable bonds is 1. The topological polar surface area (TPSA) is 12.4 Å². The molecule has 1 aliphatic rings. The molecule has 2 nitrogen and oxygen atoms in total. The van der Waals surface area contributed by atoms with Crippen molar-refractivity contribution in [2.75, 3.05) is 21.1 Å². The zero-order valence-corrected chi connectivity index (χ0v) is 10.7. The van der Waals surface area contributed by atoms with Crippen molar-refractivity contribution in [2.45, 2.75) is 25.7 Å². The summed E-state index contributed by atoms with van der Waals surface area (Å²) in [7, 11) is 6.31. The molecule has 0 heterocycles. The summed E-state index contributed by atoms with van der Waals surface area (Å²) in [5.41, 5.74) is 4.08. The second-order valence-corrected chi connectivity index (χ2v) is 5.52. The molecule has 2 rings (SSSR count). The Kier molecular flexibility index (Phi) is 2.85. The van der Waals surface area contributed by atoms with Gasteiger partial charge in [0.25, 0.3) is 0 Å². The molecule has 0 aliphatic heterocycles. The van der Waals surface area contributed by atoms with Crippen LogP contribution in [-0.2, 0) is 0 Å². The van der Waals surface area contributed by atoms with E-state index in [-0.39, 0.29) is 0 Å². The van der Waals surface area contributed by atoms with Gasteiger partial charge >= 0.3 is 0 Å². The SMILES string of the molecule is C[C@@H]1CC/C(=N\[N+](C)(C)C)c2ccccc21. The van der Waals surface area contributed by atoms with Gasteiger partial charge in [0.1, 0.15) is 5.71 Å². The third-order valence-corrected chi connectivity index (χ3v) is 3.04. The molecule has 16 heavy (non-hydrogen) atoms. The van der Waals surface area contributed by atoms with Crippen molar-refractivity contribution in [3.8, 4) is 0 Å². The fourth-order valence-corrected chi connectivity index (χ4v) is 2.30. The van der Waals surface area contributed by atoms with Gasteiger partial charge in [-0.25, -0.2) is 4.59 Å². The molecule has 1 aliphatic carbocycles. The van der Waals surface area contributed by atoms with Crippen molar-refractivity contribution in [2.24, 2.45) is 5.10 Å². The van der Waals surface area contributed by atoms with Crippen LogP contribution in [0.2, 0.25) is 0 Å². The Balaban J connectivity index is 2.47. The quantitative estimate of drug-likeness (QED) is 0.506. The smallest absolute Gasteiger partial charge is 0.103 e. The molecule has 0 amide bonds. The van der Waals surface area contributed by atoms with Gasteiger partial charge in [-0.3, -0.25) is 0 Å². The van der Waals surface area contributed by atoms with Crippen LogP contribution in [0.25, 0.3) is 0 Å². The summed E-state index contributed by atoms with van der Waals surface area (Å²) in [6.45, 7) is 2.31. The van der Waals surface area contributed by atoms with E-state index in [1.807, 2.05) is 0 Å². The van der Waals surface area contributed by atoms with Crippen molar-refractivity contribution < 1.29 is 4.59 Å². The fourth-order valence-electron chi connectivity index (χ4n) is 2.30. The van der Waals surface area contributed by atoms with Crippen molar-refractivity contribution in [3.05, 3.63) is 35.4 Å². The van der Waals surface area contributed by atoms with Gasteiger partial charge in [0.05, 0.1) is 21.1 Å². The summed E-state index contributed by atoms with van der Waals surface area (Å²) in [6.07, 6.45) is 2.32. The van der Waals surface area contributed by atoms with Crippen molar-refractivity contribution >= 4 is 5.71 Å². The van der Waals surface area contributed by atoms with Gasteiger partial charge in [-0.2, -0.15) is 0 Å². The molecule has 1 aromatic rings. The van der Waals surface area contributed by atoms with Crippen molar-refractivity contribution in [1.82, 2.24) is 0 Å². The Morgan fingerprint density at radius 3 is 2.56 bits per heavy atom. The van der Waals surface area contributed by atoms with E-state index in [0.717, 1.165) is 6.42 Å². The van der Waals surface area contributed by atoms with Gasteiger partial charge in [0, 0.05) is 5.56 Å². The van der Waals surface area contributed by atoms with E-state index in [4.69, 9.17) is 5.10 Å². The van der Waals surface area contributed by atoms with Crippen LogP contribution in [-0.4, -0.2) is 31.4 Å². The fraction of sp³-hybridized carbons (Fsp3) is 0.500. The normalized spacial score (nSPS) is 23.2. The van der Waals surface area contributed by atoms with E-state index >= 15 is 0 Å². The molecular formula is C14H21N2+.